The number of allylic oxidation sites excluding steroid dienone is 3. The average molecular weight is 407 g/mol. The van der Waals surface area contributed by atoms with Crippen molar-refractivity contribution < 1.29 is 23.5 Å². The number of methoxy groups -OCH3 is 2. The zero-order chi connectivity index (χ0) is 21.4. The van der Waals surface area contributed by atoms with Crippen LogP contribution in [-0.2, 0) is 14.3 Å². The molecule has 2 atom stereocenters. The predicted molar refractivity (Wildman–Crippen MR) is 111 cm³/mol. The lowest BCUT2D eigenvalue weighted by molar-refractivity contribution is -0.136. The van der Waals surface area contributed by atoms with Gasteiger partial charge in [0.15, 0.2) is 5.78 Å². The van der Waals surface area contributed by atoms with Crippen molar-refractivity contribution in [3.05, 3.63) is 76.0 Å². The highest BCUT2D eigenvalue weighted by atomic mass is 16.5. The summed E-state index contributed by atoms with van der Waals surface area (Å²) in [4.78, 5) is 26.0. The van der Waals surface area contributed by atoms with Crippen molar-refractivity contribution in [2.75, 3.05) is 14.2 Å². The van der Waals surface area contributed by atoms with Gasteiger partial charge < -0.3 is 19.2 Å². The van der Waals surface area contributed by atoms with Crippen molar-refractivity contribution in [1.82, 2.24) is 5.32 Å². The van der Waals surface area contributed by atoms with Crippen molar-refractivity contribution in [1.29, 1.82) is 0 Å². The number of hydrogen-bond acceptors (Lipinski definition) is 6. The summed E-state index contributed by atoms with van der Waals surface area (Å²) in [6.45, 7) is 3.67. The first kappa shape index (κ1) is 20.0. The molecule has 6 nitrogen and oxygen atoms in total. The van der Waals surface area contributed by atoms with E-state index in [4.69, 9.17) is 13.9 Å². The standard InChI is InChI=1S/C24H25NO5/c1-13-8-9-20(30-13)23-21(24(27)29-4)14(2)25-18-11-16(12-19(26)22(18)23)15-6-5-7-17(10-15)28-3/h5-10,16,23,25H,11-12H2,1-4H3/t16-,23-/m1/s1. The van der Waals surface area contributed by atoms with E-state index < -0.39 is 11.9 Å². The molecule has 156 valence electrons. The van der Waals surface area contributed by atoms with Crippen LogP contribution in [0.2, 0.25) is 0 Å². The van der Waals surface area contributed by atoms with E-state index in [2.05, 4.69) is 5.32 Å². The number of carbonyl (C=O) groups is 2. The Bertz CT molecular complexity index is 1070. The normalized spacial score (nSPS) is 21.3. The Morgan fingerprint density at radius 2 is 1.93 bits per heavy atom. The smallest absolute Gasteiger partial charge is 0.336 e. The van der Waals surface area contributed by atoms with Crippen LogP contribution in [0.4, 0.5) is 0 Å². The number of hydrogen-bond donors (Lipinski definition) is 1. The molecular formula is C24H25NO5. The van der Waals surface area contributed by atoms with Gasteiger partial charge in [-0.2, -0.15) is 0 Å². The summed E-state index contributed by atoms with van der Waals surface area (Å²) in [6, 6.07) is 11.5. The topological polar surface area (TPSA) is 77.8 Å². The number of ether oxygens (including phenoxy) is 2. The molecule has 4 rings (SSSR count). The van der Waals surface area contributed by atoms with Crippen LogP contribution >= 0.6 is 0 Å². The number of dihydropyridines is 1. The number of carbonyl (C=O) groups excluding carboxylic acids is 2. The molecule has 30 heavy (non-hydrogen) atoms. The zero-order valence-corrected chi connectivity index (χ0v) is 17.6. The van der Waals surface area contributed by atoms with Gasteiger partial charge in [-0.1, -0.05) is 12.1 Å². The van der Waals surface area contributed by atoms with Crippen LogP contribution in [-0.4, -0.2) is 26.0 Å². The number of Topliss-reactive ketones (excluding diaryl/α,β-unsaturated/α-hetero) is 1. The fourth-order valence-corrected chi connectivity index (χ4v) is 4.44. The van der Waals surface area contributed by atoms with Gasteiger partial charge in [0.2, 0.25) is 0 Å². The number of benzene rings is 1. The number of nitrogens with one attached hydrogen (secondary N) is 1. The Morgan fingerprint density at radius 3 is 2.60 bits per heavy atom. The highest BCUT2D eigenvalue weighted by Crippen LogP contribution is 2.46. The van der Waals surface area contributed by atoms with Crippen molar-refractivity contribution in [3.63, 3.8) is 0 Å². The molecule has 0 fully saturated rings. The SMILES string of the molecule is COC(=O)C1=C(C)NC2=C(C(=O)C[C@H](c3cccc(OC)c3)C2)[C@@H]1c1ccc(C)o1. The van der Waals surface area contributed by atoms with E-state index in [1.54, 1.807) is 7.11 Å². The van der Waals surface area contributed by atoms with Gasteiger partial charge in [0.1, 0.15) is 17.3 Å². The van der Waals surface area contributed by atoms with E-state index in [-0.39, 0.29) is 11.7 Å². The Kier molecular flexibility index (Phi) is 5.24. The van der Waals surface area contributed by atoms with E-state index >= 15 is 0 Å². The lowest BCUT2D eigenvalue weighted by Gasteiger charge is -2.35. The molecule has 2 aromatic rings. The van der Waals surface area contributed by atoms with Gasteiger partial charge in [0.25, 0.3) is 0 Å². The molecule has 0 spiro atoms. The minimum absolute atomic E-state index is 0.00419. The average Bonchev–Trinajstić information content (AvgIpc) is 3.18. The van der Waals surface area contributed by atoms with Crippen LogP contribution in [0.1, 0.15) is 48.7 Å². The third-order valence-corrected chi connectivity index (χ3v) is 5.84. The van der Waals surface area contributed by atoms with Crippen LogP contribution in [0.25, 0.3) is 0 Å². The van der Waals surface area contributed by atoms with Gasteiger partial charge in [-0.05, 0) is 56.0 Å². The van der Waals surface area contributed by atoms with Gasteiger partial charge in [0, 0.05) is 23.4 Å². The molecule has 6 heteroatoms. The van der Waals surface area contributed by atoms with Crippen LogP contribution in [0.15, 0.2) is 63.4 Å². The third-order valence-electron chi connectivity index (χ3n) is 5.84. The summed E-state index contributed by atoms with van der Waals surface area (Å²) in [5.74, 6) is 1.08. The molecule has 0 saturated heterocycles. The van der Waals surface area contributed by atoms with Crippen molar-refractivity contribution >= 4 is 11.8 Å². The molecule has 1 N–H and O–H groups in total. The zero-order valence-electron chi connectivity index (χ0n) is 17.6. The first-order valence-corrected chi connectivity index (χ1v) is 9.95. The molecule has 0 bridgehead atoms. The number of rotatable bonds is 4. The largest absolute Gasteiger partial charge is 0.497 e. The molecule has 1 aromatic carbocycles. The molecule has 1 aliphatic carbocycles. The van der Waals surface area contributed by atoms with Crippen molar-refractivity contribution in [2.45, 2.75) is 38.5 Å². The maximum atomic E-state index is 13.4. The maximum absolute atomic E-state index is 13.4. The molecule has 1 aromatic heterocycles. The summed E-state index contributed by atoms with van der Waals surface area (Å²) in [5, 5.41) is 3.31. The van der Waals surface area contributed by atoms with Crippen LogP contribution < -0.4 is 10.1 Å². The fourth-order valence-electron chi connectivity index (χ4n) is 4.44. The lowest BCUT2D eigenvalue weighted by atomic mass is 9.73. The molecule has 0 amide bonds. The molecule has 0 radical (unpaired) electrons. The number of furan rings is 1. The summed E-state index contributed by atoms with van der Waals surface area (Å²) in [6.07, 6.45) is 1.02. The minimum Gasteiger partial charge on any atom is -0.497 e. The Morgan fingerprint density at radius 1 is 1.13 bits per heavy atom. The molecule has 0 unspecified atom stereocenters. The quantitative estimate of drug-likeness (QED) is 0.768. The second-order valence-electron chi connectivity index (χ2n) is 7.73. The number of ketones is 1. The Labute approximate surface area is 175 Å². The number of esters is 1. The summed E-state index contributed by atoms with van der Waals surface area (Å²) < 4.78 is 16.2. The highest BCUT2D eigenvalue weighted by Gasteiger charge is 2.42. The third kappa shape index (κ3) is 3.43. The van der Waals surface area contributed by atoms with E-state index in [9.17, 15) is 9.59 Å². The molecule has 0 saturated carbocycles. The number of aryl methyl sites for hydroxylation is 1. The van der Waals surface area contributed by atoms with Gasteiger partial charge in [-0.3, -0.25) is 4.79 Å². The van der Waals surface area contributed by atoms with Crippen molar-refractivity contribution in [3.8, 4) is 5.75 Å². The van der Waals surface area contributed by atoms with Gasteiger partial charge >= 0.3 is 5.97 Å². The molecule has 1 aliphatic heterocycles. The summed E-state index contributed by atoms with van der Waals surface area (Å²) >= 11 is 0. The predicted octanol–water partition coefficient (Wildman–Crippen LogP) is 4.13. The van der Waals surface area contributed by atoms with E-state index in [1.807, 2.05) is 50.2 Å². The van der Waals surface area contributed by atoms with Crippen LogP contribution in [0, 0.1) is 6.92 Å². The molecule has 2 heterocycles. The van der Waals surface area contributed by atoms with Crippen LogP contribution in [0.5, 0.6) is 5.75 Å². The Balaban J connectivity index is 1.78. The second-order valence-corrected chi connectivity index (χ2v) is 7.73. The summed E-state index contributed by atoms with van der Waals surface area (Å²) in [7, 11) is 2.98. The van der Waals surface area contributed by atoms with Crippen molar-refractivity contribution in [2.24, 2.45) is 0 Å². The second kappa shape index (κ2) is 7.86. The van der Waals surface area contributed by atoms with E-state index in [1.165, 1.54) is 7.11 Å². The highest BCUT2D eigenvalue weighted by molar-refractivity contribution is 6.04. The monoisotopic (exact) mass is 407 g/mol. The molecular weight excluding hydrogens is 382 g/mol. The van der Waals surface area contributed by atoms with Gasteiger partial charge in [0.05, 0.1) is 25.7 Å². The van der Waals surface area contributed by atoms with E-state index in [0.717, 1.165) is 22.8 Å². The maximum Gasteiger partial charge on any atom is 0.336 e. The molecule has 2 aliphatic rings. The minimum atomic E-state index is -0.568. The van der Waals surface area contributed by atoms with E-state index in [0.29, 0.717) is 35.4 Å². The first-order chi connectivity index (χ1) is 14.4. The Hall–Kier alpha value is -3.28. The van der Waals surface area contributed by atoms with Crippen LogP contribution in [0.3, 0.4) is 0 Å². The fraction of sp³-hybridized carbons (Fsp3) is 0.333. The van der Waals surface area contributed by atoms with Gasteiger partial charge in [-0.25, -0.2) is 4.79 Å². The summed E-state index contributed by atoms with van der Waals surface area (Å²) in [5.41, 5.74) is 3.58. The van der Waals surface area contributed by atoms with Gasteiger partial charge in [-0.15, -0.1) is 0 Å². The lowest BCUT2D eigenvalue weighted by Crippen LogP contribution is -2.35. The first-order valence-electron chi connectivity index (χ1n) is 9.95.